The molecule has 0 aliphatic heterocycles. The Morgan fingerprint density at radius 1 is 0.897 bits per heavy atom. The summed E-state index contributed by atoms with van der Waals surface area (Å²) in [6, 6.07) is 4.87. The van der Waals surface area contributed by atoms with Gasteiger partial charge in [0.1, 0.15) is 19.8 Å². The molecule has 0 aliphatic rings. The Labute approximate surface area is 167 Å². The highest BCUT2D eigenvalue weighted by atomic mass is 16.6. The SMILES string of the molecule is C=CC(=O)NCCOC(=O)Nc1cccc(NC(=O)OCCOC(=O)C=C)c1C. The number of hydrogen-bond donors (Lipinski definition) is 3. The molecule has 0 aromatic heterocycles. The predicted octanol–water partition coefficient (Wildman–Crippen LogP) is 2.12. The Kier molecular flexibility index (Phi) is 10.0. The van der Waals surface area contributed by atoms with Crippen molar-refractivity contribution in [3.8, 4) is 0 Å². The molecule has 0 fully saturated rings. The van der Waals surface area contributed by atoms with Crippen molar-refractivity contribution in [3.05, 3.63) is 49.1 Å². The van der Waals surface area contributed by atoms with Crippen LogP contribution in [0.5, 0.6) is 0 Å². The first-order valence-electron chi connectivity index (χ1n) is 8.54. The fourth-order valence-electron chi connectivity index (χ4n) is 1.92. The average molecular weight is 405 g/mol. The van der Waals surface area contributed by atoms with Gasteiger partial charge in [-0.05, 0) is 30.7 Å². The highest BCUT2D eigenvalue weighted by Crippen LogP contribution is 2.23. The van der Waals surface area contributed by atoms with E-state index in [1.54, 1.807) is 25.1 Å². The minimum atomic E-state index is -0.750. The zero-order valence-corrected chi connectivity index (χ0v) is 16.0. The summed E-state index contributed by atoms with van der Waals surface area (Å²) in [4.78, 5) is 45.5. The fourth-order valence-corrected chi connectivity index (χ4v) is 1.92. The van der Waals surface area contributed by atoms with Crippen LogP contribution in [-0.2, 0) is 23.8 Å². The van der Waals surface area contributed by atoms with Crippen molar-refractivity contribution < 1.29 is 33.4 Å². The molecule has 0 unspecified atom stereocenters. The number of rotatable bonds is 10. The predicted molar refractivity (Wildman–Crippen MR) is 105 cm³/mol. The Morgan fingerprint density at radius 3 is 2.00 bits per heavy atom. The molecule has 0 saturated carbocycles. The third kappa shape index (κ3) is 9.09. The zero-order valence-electron chi connectivity index (χ0n) is 16.0. The number of amides is 3. The monoisotopic (exact) mass is 405 g/mol. The minimum absolute atomic E-state index is 0.0227. The number of nitrogens with one attached hydrogen (secondary N) is 3. The van der Waals surface area contributed by atoms with Crippen LogP contribution in [0.4, 0.5) is 21.0 Å². The first-order chi connectivity index (χ1) is 13.9. The summed E-state index contributed by atoms with van der Waals surface area (Å²) in [5, 5.41) is 7.54. The number of hydrogen-bond acceptors (Lipinski definition) is 7. The van der Waals surface area contributed by atoms with Crippen molar-refractivity contribution in [2.75, 3.05) is 37.0 Å². The summed E-state index contributed by atoms with van der Waals surface area (Å²) >= 11 is 0. The number of anilines is 2. The van der Waals surface area contributed by atoms with Gasteiger partial charge < -0.3 is 19.5 Å². The van der Waals surface area contributed by atoms with E-state index in [4.69, 9.17) is 9.47 Å². The molecule has 0 radical (unpaired) electrons. The Hall–Kier alpha value is -3.82. The van der Waals surface area contributed by atoms with Gasteiger partial charge in [0, 0.05) is 17.5 Å². The Balaban J connectivity index is 2.48. The molecule has 10 heteroatoms. The summed E-state index contributed by atoms with van der Waals surface area (Å²) in [6.45, 7) is 8.13. The highest BCUT2D eigenvalue weighted by Gasteiger charge is 2.11. The van der Waals surface area contributed by atoms with Gasteiger partial charge in [0.25, 0.3) is 0 Å². The fraction of sp³-hybridized carbons (Fsp3) is 0.263. The van der Waals surface area contributed by atoms with E-state index in [0.717, 1.165) is 12.2 Å². The van der Waals surface area contributed by atoms with Gasteiger partial charge in [0.15, 0.2) is 0 Å². The van der Waals surface area contributed by atoms with Crippen molar-refractivity contribution in [2.45, 2.75) is 6.92 Å². The summed E-state index contributed by atoms with van der Waals surface area (Å²) in [7, 11) is 0. The number of ether oxygens (including phenoxy) is 3. The van der Waals surface area contributed by atoms with Gasteiger partial charge in [-0.3, -0.25) is 15.4 Å². The molecular weight excluding hydrogens is 382 g/mol. The third-order valence-electron chi connectivity index (χ3n) is 3.35. The first-order valence-corrected chi connectivity index (χ1v) is 8.54. The van der Waals surface area contributed by atoms with Crippen LogP contribution in [0.25, 0.3) is 0 Å². The lowest BCUT2D eigenvalue weighted by Crippen LogP contribution is -2.27. The van der Waals surface area contributed by atoms with E-state index < -0.39 is 18.2 Å². The summed E-state index contributed by atoms with van der Waals surface area (Å²) in [5.41, 5.74) is 1.40. The van der Waals surface area contributed by atoms with E-state index in [1.807, 2.05) is 0 Å². The Morgan fingerprint density at radius 2 is 1.45 bits per heavy atom. The third-order valence-corrected chi connectivity index (χ3v) is 3.35. The standard InChI is InChI=1S/C19H23N3O7/c1-4-16(23)20-9-10-28-18(25)21-14-7-6-8-15(13(14)3)22-19(26)29-12-11-27-17(24)5-2/h4-8H,1-2,9-12H2,3H3,(H,20,23)(H,21,25)(H,22,26). The molecule has 1 aromatic rings. The maximum Gasteiger partial charge on any atom is 0.411 e. The second-order valence-electron chi connectivity index (χ2n) is 5.37. The molecule has 10 nitrogen and oxygen atoms in total. The molecule has 3 N–H and O–H groups in total. The van der Waals surface area contributed by atoms with E-state index in [1.165, 1.54) is 0 Å². The van der Waals surface area contributed by atoms with Gasteiger partial charge in [-0.15, -0.1) is 0 Å². The minimum Gasteiger partial charge on any atom is -0.459 e. The second-order valence-corrected chi connectivity index (χ2v) is 5.37. The normalized spacial score (nSPS) is 9.55. The van der Waals surface area contributed by atoms with Crippen LogP contribution in [0.3, 0.4) is 0 Å². The first kappa shape index (κ1) is 23.2. The largest absolute Gasteiger partial charge is 0.459 e. The van der Waals surface area contributed by atoms with Gasteiger partial charge in [0.2, 0.25) is 5.91 Å². The molecule has 1 rings (SSSR count). The maximum absolute atomic E-state index is 11.8. The van der Waals surface area contributed by atoms with Crippen LogP contribution >= 0.6 is 0 Å². The lowest BCUT2D eigenvalue weighted by atomic mass is 10.1. The van der Waals surface area contributed by atoms with Crippen LogP contribution in [0.1, 0.15) is 5.56 Å². The molecule has 1 aromatic carbocycles. The zero-order chi connectivity index (χ0) is 21.6. The van der Waals surface area contributed by atoms with Crippen molar-refractivity contribution in [3.63, 3.8) is 0 Å². The van der Waals surface area contributed by atoms with E-state index in [0.29, 0.717) is 16.9 Å². The molecular formula is C19H23N3O7. The van der Waals surface area contributed by atoms with E-state index in [-0.39, 0.29) is 32.3 Å². The van der Waals surface area contributed by atoms with Crippen LogP contribution in [-0.4, -0.2) is 50.4 Å². The number of benzene rings is 1. The van der Waals surface area contributed by atoms with E-state index in [9.17, 15) is 19.2 Å². The quantitative estimate of drug-likeness (QED) is 0.235. The molecule has 0 heterocycles. The lowest BCUT2D eigenvalue weighted by Gasteiger charge is -2.14. The van der Waals surface area contributed by atoms with Crippen LogP contribution in [0.15, 0.2) is 43.5 Å². The number of esters is 1. The molecule has 29 heavy (non-hydrogen) atoms. The summed E-state index contributed by atoms with van der Waals surface area (Å²) < 4.78 is 14.5. The van der Waals surface area contributed by atoms with Crippen molar-refractivity contribution in [1.82, 2.24) is 5.32 Å². The molecule has 3 amide bonds. The molecule has 0 atom stereocenters. The Bertz CT molecular complexity index is 717. The molecule has 0 aliphatic carbocycles. The second kappa shape index (κ2) is 12.5. The topological polar surface area (TPSA) is 132 Å². The smallest absolute Gasteiger partial charge is 0.411 e. The van der Waals surface area contributed by atoms with Gasteiger partial charge in [-0.1, -0.05) is 19.2 Å². The van der Waals surface area contributed by atoms with Crippen molar-refractivity contribution in [2.24, 2.45) is 0 Å². The van der Waals surface area contributed by atoms with E-state index >= 15 is 0 Å². The molecule has 0 saturated heterocycles. The summed E-state index contributed by atoms with van der Waals surface area (Å²) in [5.74, 6) is -0.979. The number of carbonyl (C=O) groups is 4. The molecule has 156 valence electrons. The molecule has 0 spiro atoms. The highest BCUT2D eigenvalue weighted by molar-refractivity contribution is 5.91. The van der Waals surface area contributed by atoms with Crippen molar-refractivity contribution >= 4 is 35.4 Å². The average Bonchev–Trinajstić information content (AvgIpc) is 2.71. The van der Waals surface area contributed by atoms with Crippen LogP contribution in [0, 0.1) is 6.92 Å². The van der Waals surface area contributed by atoms with Gasteiger partial charge in [-0.2, -0.15) is 0 Å². The van der Waals surface area contributed by atoms with Crippen LogP contribution in [0.2, 0.25) is 0 Å². The lowest BCUT2D eigenvalue weighted by molar-refractivity contribution is -0.138. The maximum atomic E-state index is 11.8. The van der Waals surface area contributed by atoms with Crippen LogP contribution < -0.4 is 16.0 Å². The summed E-state index contributed by atoms with van der Waals surface area (Å²) in [6.07, 6.45) is 0.649. The van der Waals surface area contributed by atoms with Gasteiger partial charge in [0.05, 0.1) is 6.54 Å². The van der Waals surface area contributed by atoms with Crippen molar-refractivity contribution in [1.29, 1.82) is 0 Å². The molecule has 0 bridgehead atoms. The number of carbonyl (C=O) groups excluding carboxylic acids is 4. The van der Waals surface area contributed by atoms with E-state index in [2.05, 4.69) is 33.8 Å². The van der Waals surface area contributed by atoms with Gasteiger partial charge in [-0.25, -0.2) is 14.4 Å². The van der Waals surface area contributed by atoms with Gasteiger partial charge >= 0.3 is 18.2 Å².